The summed E-state index contributed by atoms with van der Waals surface area (Å²) in [6.45, 7) is 5.96. The zero-order valence-corrected chi connectivity index (χ0v) is 10.5. The number of methoxy groups -OCH3 is 1. The summed E-state index contributed by atoms with van der Waals surface area (Å²) in [5.74, 6) is -0.230. The predicted octanol–water partition coefficient (Wildman–Crippen LogP) is 1.08. The Morgan fingerprint density at radius 2 is 1.88 bits per heavy atom. The predicted molar refractivity (Wildman–Crippen MR) is 63.2 cm³/mol. The number of hydrogen-bond donors (Lipinski definition) is 1. The standard InChI is InChI=1S/C11H17N3O3/c1-5-17-11-12-7(2)10(8(3)13-11)14-9(15)6-16-4/h5-6H2,1-4H3,(H,14,15). The SMILES string of the molecule is CCOc1nc(C)c(NC(=O)COC)c(C)n1. The van der Waals surface area contributed by atoms with E-state index in [1.165, 1.54) is 7.11 Å². The first kappa shape index (κ1) is 13.4. The maximum atomic E-state index is 11.4. The highest BCUT2D eigenvalue weighted by Gasteiger charge is 2.11. The largest absolute Gasteiger partial charge is 0.464 e. The van der Waals surface area contributed by atoms with E-state index in [1.807, 2.05) is 6.92 Å². The van der Waals surface area contributed by atoms with Crippen LogP contribution in [0.1, 0.15) is 18.3 Å². The number of ether oxygens (including phenoxy) is 2. The molecule has 0 aromatic carbocycles. The van der Waals surface area contributed by atoms with Crippen molar-refractivity contribution in [2.24, 2.45) is 0 Å². The Balaban J connectivity index is 2.89. The van der Waals surface area contributed by atoms with E-state index in [-0.39, 0.29) is 12.5 Å². The van der Waals surface area contributed by atoms with Gasteiger partial charge in [0.05, 0.1) is 23.7 Å². The van der Waals surface area contributed by atoms with Crippen LogP contribution in [0.2, 0.25) is 0 Å². The van der Waals surface area contributed by atoms with Gasteiger partial charge in [-0.2, -0.15) is 9.97 Å². The van der Waals surface area contributed by atoms with Crippen molar-refractivity contribution >= 4 is 11.6 Å². The molecule has 0 aliphatic rings. The minimum absolute atomic E-state index is 0.00604. The smallest absolute Gasteiger partial charge is 0.316 e. The molecule has 0 saturated carbocycles. The number of carbonyl (C=O) groups excluding carboxylic acids is 1. The molecule has 94 valence electrons. The van der Waals surface area contributed by atoms with Gasteiger partial charge in [-0.25, -0.2) is 0 Å². The summed E-state index contributed by atoms with van der Waals surface area (Å²) in [4.78, 5) is 19.7. The number of amides is 1. The lowest BCUT2D eigenvalue weighted by Crippen LogP contribution is -2.19. The van der Waals surface area contributed by atoms with E-state index in [4.69, 9.17) is 9.47 Å². The molecule has 6 heteroatoms. The lowest BCUT2D eigenvalue weighted by molar-refractivity contribution is -0.119. The van der Waals surface area contributed by atoms with Crippen LogP contribution in [0.15, 0.2) is 0 Å². The third-order valence-corrected chi connectivity index (χ3v) is 2.06. The Hall–Kier alpha value is -1.69. The first-order chi connectivity index (χ1) is 8.08. The van der Waals surface area contributed by atoms with E-state index in [0.717, 1.165) is 0 Å². The fourth-order valence-electron chi connectivity index (χ4n) is 1.37. The third-order valence-electron chi connectivity index (χ3n) is 2.06. The second-order valence-corrected chi connectivity index (χ2v) is 3.47. The number of aryl methyl sites for hydroxylation is 2. The fraction of sp³-hybridized carbons (Fsp3) is 0.545. The monoisotopic (exact) mass is 239 g/mol. The Bertz CT molecular complexity index is 384. The molecule has 1 rings (SSSR count). The Morgan fingerprint density at radius 1 is 1.29 bits per heavy atom. The van der Waals surface area contributed by atoms with E-state index < -0.39 is 0 Å². The number of carbonyl (C=O) groups is 1. The summed E-state index contributed by atoms with van der Waals surface area (Å²) in [5, 5.41) is 2.70. The van der Waals surface area contributed by atoms with Gasteiger partial charge in [-0.15, -0.1) is 0 Å². The molecule has 0 fully saturated rings. The second kappa shape index (κ2) is 6.15. The summed E-state index contributed by atoms with van der Waals surface area (Å²) in [5.41, 5.74) is 1.95. The van der Waals surface area contributed by atoms with Crippen LogP contribution in [-0.4, -0.2) is 36.2 Å². The van der Waals surface area contributed by atoms with Crippen molar-refractivity contribution in [1.29, 1.82) is 0 Å². The Labute approximate surface area is 100 Å². The van der Waals surface area contributed by atoms with Gasteiger partial charge >= 0.3 is 6.01 Å². The van der Waals surface area contributed by atoms with Crippen molar-refractivity contribution in [1.82, 2.24) is 9.97 Å². The normalized spacial score (nSPS) is 10.1. The van der Waals surface area contributed by atoms with Crippen LogP contribution in [0.4, 0.5) is 5.69 Å². The van der Waals surface area contributed by atoms with Gasteiger partial charge in [0, 0.05) is 7.11 Å². The van der Waals surface area contributed by atoms with E-state index in [9.17, 15) is 4.79 Å². The third kappa shape index (κ3) is 3.67. The molecule has 6 nitrogen and oxygen atoms in total. The number of hydrogen-bond acceptors (Lipinski definition) is 5. The number of rotatable bonds is 5. The van der Waals surface area contributed by atoms with Crippen molar-refractivity contribution in [2.75, 3.05) is 25.6 Å². The van der Waals surface area contributed by atoms with Crippen LogP contribution in [0, 0.1) is 13.8 Å². The molecule has 17 heavy (non-hydrogen) atoms. The molecule has 1 aromatic rings. The lowest BCUT2D eigenvalue weighted by atomic mass is 10.3. The average molecular weight is 239 g/mol. The summed E-state index contributed by atoms with van der Waals surface area (Å²) in [7, 11) is 1.47. The van der Waals surface area contributed by atoms with Gasteiger partial charge in [0.1, 0.15) is 6.61 Å². The van der Waals surface area contributed by atoms with Gasteiger partial charge < -0.3 is 14.8 Å². The zero-order valence-electron chi connectivity index (χ0n) is 10.5. The van der Waals surface area contributed by atoms with Crippen molar-refractivity contribution < 1.29 is 14.3 Å². The number of anilines is 1. The van der Waals surface area contributed by atoms with E-state index in [1.54, 1.807) is 13.8 Å². The molecule has 1 N–H and O–H groups in total. The summed E-state index contributed by atoms with van der Waals surface area (Å²) < 4.78 is 9.96. The topological polar surface area (TPSA) is 73.3 Å². The van der Waals surface area contributed by atoms with Gasteiger partial charge in [-0.05, 0) is 20.8 Å². The van der Waals surface area contributed by atoms with Crippen LogP contribution in [0.3, 0.4) is 0 Å². The molecule has 0 atom stereocenters. The van der Waals surface area contributed by atoms with Gasteiger partial charge in [0.25, 0.3) is 0 Å². The van der Waals surface area contributed by atoms with Crippen molar-refractivity contribution in [3.63, 3.8) is 0 Å². The minimum atomic E-state index is -0.230. The highest BCUT2D eigenvalue weighted by molar-refractivity contribution is 5.92. The second-order valence-electron chi connectivity index (χ2n) is 3.47. The Morgan fingerprint density at radius 3 is 2.35 bits per heavy atom. The van der Waals surface area contributed by atoms with Crippen LogP contribution >= 0.6 is 0 Å². The van der Waals surface area contributed by atoms with Crippen molar-refractivity contribution in [3.05, 3.63) is 11.4 Å². The van der Waals surface area contributed by atoms with Crippen molar-refractivity contribution in [3.8, 4) is 6.01 Å². The zero-order chi connectivity index (χ0) is 12.8. The maximum Gasteiger partial charge on any atom is 0.316 e. The molecule has 0 bridgehead atoms. The minimum Gasteiger partial charge on any atom is -0.464 e. The number of aromatic nitrogens is 2. The molecule has 0 radical (unpaired) electrons. The molecule has 0 aliphatic heterocycles. The molecular weight excluding hydrogens is 222 g/mol. The van der Waals surface area contributed by atoms with E-state index in [0.29, 0.717) is 29.7 Å². The molecule has 1 aromatic heterocycles. The molecule has 0 spiro atoms. The number of nitrogens with one attached hydrogen (secondary N) is 1. The highest BCUT2D eigenvalue weighted by Crippen LogP contribution is 2.19. The number of nitrogens with zero attached hydrogens (tertiary/aromatic N) is 2. The summed E-state index contributed by atoms with van der Waals surface area (Å²) >= 11 is 0. The van der Waals surface area contributed by atoms with Gasteiger partial charge in [-0.3, -0.25) is 4.79 Å². The quantitative estimate of drug-likeness (QED) is 0.832. The lowest BCUT2D eigenvalue weighted by Gasteiger charge is -2.11. The first-order valence-corrected chi connectivity index (χ1v) is 5.35. The van der Waals surface area contributed by atoms with Gasteiger partial charge in [0.2, 0.25) is 5.91 Å². The van der Waals surface area contributed by atoms with Crippen LogP contribution in [0.25, 0.3) is 0 Å². The van der Waals surface area contributed by atoms with Gasteiger partial charge in [-0.1, -0.05) is 0 Å². The molecule has 0 saturated heterocycles. The average Bonchev–Trinajstić information content (AvgIpc) is 2.24. The summed E-state index contributed by atoms with van der Waals surface area (Å²) in [6.07, 6.45) is 0. The molecule has 1 amide bonds. The van der Waals surface area contributed by atoms with Crippen LogP contribution in [0.5, 0.6) is 6.01 Å². The fourth-order valence-corrected chi connectivity index (χ4v) is 1.37. The Kier molecular flexibility index (Phi) is 4.84. The van der Waals surface area contributed by atoms with E-state index >= 15 is 0 Å². The first-order valence-electron chi connectivity index (χ1n) is 5.35. The molecular formula is C11H17N3O3. The molecule has 1 heterocycles. The van der Waals surface area contributed by atoms with Crippen molar-refractivity contribution in [2.45, 2.75) is 20.8 Å². The summed E-state index contributed by atoms with van der Waals surface area (Å²) in [6, 6.07) is 0.326. The maximum absolute atomic E-state index is 11.4. The van der Waals surface area contributed by atoms with E-state index in [2.05, 4.69) is 15.3 Å². The van der Waals surface area contributed by atoms with Gasteiger partial charge in [0.15, 0.2) is 0 Å². The molecule has 0 aliphatic carbocycles. The van der Waals surface area contributed by atoms with Crippen LogP contribution in [-0.2, 0) is 9.53 Å². The highest BCUT2D eigenvalue weighted by atomic mass is 16.5. The molecule has 0 unspecified atom stereocenters. The van der Waals surface area contributed by atoms with Crippen LogP contribution < -0.4 is 10.1 Å².